The van der Waals surface area contributed by atoms with Gasteiger partial charge in [0.15, 0.2) is 0 Å². The van der Waals surface area contributed by atoms with Crippen molar-refractivity contribution in [2.45, 2.75) is 25.9 Å². The fourth-order valence-corrected chi connectivity index (χ4v) is 1.56. The maximum absolute atomic E-state index is 5.44. The summed E-state index contributed by atoms with van der Waals surface area (Å²) in [6, 6.07) is 10.5. The molecule has 0 spiro atoms. The standard InChI is InChI=1S/C13H21NO/c1-3-9-14-11-13(15-2)10-12-7-5-4-6-8-12/h4-8,13-14H,3,9-11H2,1-2H3. The van der Waals surface area contributed by atoms with E-state index in [0.717, 1.165) is 19.5 Å². The van der Waals surface area contributed by atoms with Crippen LogP contribution in [0.25, 0.3) is 0 Å². The third-order valence-corrected chi connectivity index (χ3v) is 2.44. The summed E-state index contributed by atoms with van der Waals surface area (Å²) in [5, 5.41) is 3.38. The molecule has 0 amide bonds. The van der Waals surface area contributed by atoms with Crippen molar-refractivity contribution in [3.63, 3.8) is 0 Å². The summed E-state index contributed by atoms with van der Waals surface area (Å²) in [4.78, 5) is 0. The molecule has 0 fully saturated rings. The van der Waals surface area contributed by atoms with E-state index >= 15 is 0 Å². The second-order valence-corrected chi connectivity index (χ2v) is 3.75. The van der Waals surface area contributed by atoms with Gasteiger partial charge in [-0.05, 0) is 24.9 Å². The van der Waals surface area contributed by atoms with Crippen LogP contribution in [0.4, 0.5) is 0 Å². The lowest BCUT2D eigenvalue weighted by molar-refractivity contribution is 0.102. The van der Waals surface area contributed by atoms with Gasteiger partial charge in [-0.1, -0.05) is 37.3 Å². The highest BCUT2D eigenvalue weighted by Gasteiger charge is 2.06. The lowest BCUT2D eigenvalue weighted by atomic mass is 10.1. The molecule has 1 atom stereocenters. The molecule has 84 valence electrons. The maximum Gasteiger partial charge on any atom is 0.0735 e. The Labute approximate surface area is 92.6 Å². The van der Waals surface area contributed by atoms with Crippen LogP contribution in [0.3, 0.4) is 0 Å². The van der Waals surface area contributed by atoms with Crippen LogP contribution >= 0.6 is 0 Å². The number of hydrogen-bond acceptors (Lipinski definition) is 2. The highest BCUT2D eigenvalue weighted by molar-refractivity contribution is 5.15. The van der Waals surface area contributed by atoms with Crippen molar-refractivity contribution >= 4 is 0 Å². The van der Waals surface area contributed by atoms with Crippen molar-refractivity contribution in [3.05, 3.63) is 35.9 Å². The molecule has 1 rings (SSSR count). The third-order valence-electron chi connectivity index (χ3n) is 2.44. The smallest absolute Gasteiger partial charge is 0.0735 e. The Morgan fingerprint density at radius 3 is 2.60 bits per heavy atom. The van der Waals surface area contributed by atoms with E-state index < -0.39 is 0 Å². The minimum atomic E-state index is 0.277. The van der Waals surface area contributed by atoms with E-state index in [1.807, 2.05) is 6.07 Å². The van der Waals surface area contributed by atoms with Crippen LogP contribution in [0.2, 0.25) is 0 Å². The predicted octanol–water partition coefficient (Wildman–Crippen LogP) is 2.24. The van der Waals surface area contributed by atoms with Gasteiger partial charge in [-0.25, -0.2) is 0 Å². The van der Waals surface area contributed by atoms with Crippen molar-refractivity contribution in [1.82, 2.24) is 5.32 Å². The number of hydrogen-bond donors (Lipinski definition) is 1. The fourth-order valence-electron chi connectivity index (χ4n) is 1.56. The molecule has 2 nitrogen and oxygen atoms in total. The summed E-state index contributed by atoms with van der Waals surface area (Å²) >= 11 is 0. The minimum absolute atomic E-state index is 0.277. The first kappa shape index (κ1) is 12.2. The molecule has 1 aromatic carbocycles. The summed E-state index contributed by atoms with van der Waals surface area (Å²) in [7, 11) is 1.78. The Hall–Kier alpha value is -0.860. The number of ether oxygens (including phenoxy) is 1. The first-order chi connectivity index (χ1) is 7.36. The van der Waals surface area contributed by atoms with Crippen molar-refractivity contribution in [2.24, 2.45) is 0 Å². The van der Waals surface area contributed by atoms with Gasteiger partial charge in [-0.15, -0.1) is 0 Å². The minimum Gasteiger partial charge on any atom is -0.380 e. The van der Waals surface area contributed by atoms with Crippen LogP contribution in [0, 0.1) is 0 Å². The van der Waals surface area contributed by atoms with Crippen LogP contribution in [0.15, 0.2) is 30.3 Å². The number of methoxy groups -OCH3 is 1. The predicted molar refractivity (Wildman–Crippen MR) is 64.1 cm³/mol. The summed E-state index contributed by atoms with van der Waals surface area (Å²) in [6.07, 6.45) is 2.43. The molecule has 1 unspecified atom stereocenters. The Morgan fingerprint density at radius 2 is 2.00 bits per heavy atom. The highest BCUT2D eigenvalue weighted by Crippen LogP contribution is 2.04. The van der Waals surface area contributed by atoms with Gasteiger partial charge in [0.05, 0.1) is 6.10 Å². The van der Waals surface area contributed by atoms with E-state index in [0.29, 0.717) is 0 Å². The molecule has 0 aliphatic carbocycles. The van der Waals surface area contributed by atoms with Crippen LogP contribution < -0.4 is 5.32 Å². The van der Waals surface area contributed by atoms with E-state index in [4.69, 9.17) is 4.74 Å². The second kappa shape index (κ2) is 7.43. The van der Waals surface area contributed by atoms with Crippen molar-refractivity contribution in [2.75, 3.05) is 20.2 Å². The zero-order valence-corrected chi connectivity index (χ0v) is 9.70. The van der Waals surface area contributed by atoms with Gasteiger partial charge < -0.3 is 10.1 Å². The van der Waals surface area contributed by atoms with Crippen LogP contribution in [0.1, 0.15) is 18.9 Å². The molecule has 15 heavy (non-hydrogen) atoms. The largest absolute Gasteiger partial charge is 0.380 e. The Balaban J connectivity index is 2.33. The zero-order chi connectivity index (χ0) is 10.9. The molecule has 0 aromatic heterocycles. The molecule has 0 aliphatic heterocycles. The van der Waals surface area contributed by atoms with E-state index in [-0.39, 0.29) is 6.10 Å². The maximum atomic E-state index is 5.44. The van der Waals surface area contributed by atoms with Gasteiger partial charge in [0.2, 0.25) is 0 Å². The monoisotopic (exact) mass is 207 g/mol. The molecule has 1 aromatic rings. The molecule has 0 aliphatic rings. The molecular weight excluding hydrogens is 186 g/mol. The zero-order valence-electron chi connectivity index (χ0n) is 9.70. The Morgan fingerprint density at radius 1 is 1.27 bits per heavy atom. The van der Waals surface area contributed by atoms with Gasteiger partial charge >= 0.3 is 0 Å². The van der Waals surface area contributed by atoms with Crippen LogP contribution in [-0.2, 0) is 11.2 Å². The quantitative estimate of drug-likeness (QED) is 0.692. The van der Waals surface area contributed by atoms with Crippen molar-refractivity contribution in [3.8, 4) is 0 Å². The number of nitrogens with one attached hydrogen (secondary N) is 1. The van der Waals surface area contributed by atoms with E-state index in [2.05, 4.69) is 36.5 Å². The molecule has 0 radical (unpaired) electrons. The molecule has 1 N–H and O–H groups in total. The van der Waals surface area contributed by atoms with Gasteiger partial charge in [0.1, 0.15) is 0 Å². The average Bonchev–Trinajstić information content (AvgIpc) is 2.29. The van der Waals surface area contributed by atoms with E-state index in [1.165, 1.54) is 12.0 Å². The van der Waals surface area contributed by atoms with Crippen LogP contribution in [0.5, 0.6) is 0 Å². The summed E-state index contributed by atoms with van der Waals surface area (Å²) in [5.74, 6) is 0. The summed E-state index contributed by atoms with van der Waals surface area (Å²) in [6.45, 7) is 4.17. The van der Waals surface area contributed by atoms with E-state index in [1.54, 1.807) is 7.11 Å². The van der Waals surface area contributed by atoms with Gasteiger partial charge in [-0.3, -0.25) is 0 Å². The van der Waals surface area contributed by atoms with Gasteiger partial charge in [0, 0.05) is 13.7 Å². The summed E-state index contributed by atoms with van der Waals surface area (Å²) in [5.41, 5.74) is 1.34. The molecular formula is C13H21NO. The van der Waals surface area contributed by atoms with Crippen LogP contribution in [-0.4, -0.2) is 26.3 Å². The van der Waals surface area contributed by atoms with Gasteiger partial charge in [0.25, 0.3) is 0 Å². The number of benzene rings is 1. The lowest BCUT2D eigenvalue weighted by Gasteiger charge is -2.15. The molecule has 0 saturated heterocycles. The number of rotatable bonds is 7. The third kappa shape index (κ3) is 4.96. The average molecular weight is 207 g/mol. The highest BCUT2D eigenvalue weighted by atomic mass is 16.5. The molecule has 0 saturated carbocycles. The Kier molecular flexibility index (Phi) is 6.05. The SMILES string of the molecule is CCCNCC(Cc1ccccc1)OC. The lowest BCUT2D eigenvalue weighted by Crippen LogP contribution is -2.30. The first-order valence-electron chi connectivity index (χ1n) is 5.64. The molecule has 0 heterocycles. The second-order valence-electron chi connectivity index (χ2n) is 3.75. The fraction of sp³-hybridized carbons (Fsp3) is 0.538. The Bertz CT molecular complexity index is 248. The first-order valence-corrected chi connectivity index (χ1v) is 5.64. The summed E-state index contributed by atoms with van der Waals surface area (Å²) < 4.78 is 5.44. The van der Waals surface area contributed by atoms with Crippen molar-refractivity contribution in [1.29, 1.82) is 0 Å². The van der Waals surface area contributed by atoms with Crippen molar-refractivity contribution < 1.29 is 4.74 Å². The normalized spacial score (nSPS) is 12.7. The molecule has 0 bridgehead atoms. The van der Waals surface area contributed by atoms with Gasteiger partial charge in [-0.2, -0.15) is 0 Å². The molecule has 2 heteroatoms. The van der Waals surface area contributed by atoms with E-state index in [9.17, 15) is 0 Å². The topological polar surface area (TPSA) is 21.3 Å².